The van der Waals surface area contributed by atoms with Crippen molar-refractivity contribution in [3.63, 3.8) is 0 Å². The van der Waals surface area contributed by atoms with Gasteiger partial charge < -0.3 is 23.4 Å². The highest BCUT2D eigenvalue weighted by molar-refractivity contribution is 7.53. The third-order valence-corrected chi connectivity index (χ3v) is 10.4. The summed E-state index contributed by atoms with van der Waals surface area (Å²) in [4.78, 5) is 10.6. The summed E-state index contributed by atoms with van der Waals surface area (Å²) >= 11 is 0. The minimum absolute atomic E-state index is 0.0685. The fourth-order valence-electron chi connectivity index (χ4n) is 5.43. The Kier molecular flexibility index (Phi) is 28.1. The minimum atomic E-state index is -3.76. The van der Waals surface area contributed by atoms with Crippen LogP contribution in [0.25, 0.3) is 0 Å². The second-order valence-corrected chi connectivity index (χ2v) is 15.2. The molecule has 2 unspecified atom stereocenters. The predicted molar refractivity (Wildman–Crippen MR) is 181 cm³/mol. The summed E-state index contributed by atoms with van der Waals surface area (Å²) in [5.74, 6) is -0.443. The third-order valence-electron chi connectivity index (χ3n) is 8.20. The van der Waals surface area contributed by atoms with E-state index in [2.05, 4.69) is 19.1 Å². The molecule has 0 aromatic carbocycles. The molecule has 0 aliphatic rings. The van der Waals surface area contributed by atoms with Crippen LogP contribution in [0, 0.1) is 0 Å². The molecule has 0 rings (SSSR count). The van der Waals surface area contributed by atoms with Gasteiger partial charge in [-0.3, -0.25) is 4.57 Å². The van der Waals surface area contributed by atoms with E-state index in [9.17, 15) is 9.46 Å². The Hall–Kier alpha value is -0.230. The molecule has 252 valence electrons. The van der Waals surface area contributed by atoms with Gasteiger partial charge in [0.15, 0.2) is 5.78 Å². The van der Waals surface area contributed by atoms with Crippen molar-refractivity contribution >= 4 is 7.60 Å². The van der Waals surface area contributed by atoms with E-state index >= 15 is 0 Å². The molecule has 0 radical (unpaired) electrons. The Balaban J connectivity index is 3.59. The Labute approximate surface area is 262 Å². The van der Waals surface area contributed by atoms with Gasteiger partial charge in [0.25, 0.3) is 0 Å². The number of quaternary nitrogens is 1. The monoisotopic (exact) mass is 619 g/mol. The fraction of sp³-hybridized carbons (Fsp3) is 0.943. The SMILES string of the molecule is CCCCCCCCCCCCC/C=C\CCCCCCCCCOC[C@H](COP(=O)(O)C(CCC)[N+](C)(C)C)OC. The zero-order valence-electron chi connectivity index (χ0n) is 29.0. The van der Waals surface area contributed by atoms with E-state index in [1.165, 1.54) is 122 Å². The molecule has 0 amide bonds. The van der Waals surface area contributed by atoms with Crippen molar-refractivity contribution < 1.29 is 27.9 Å². The summed E-state index contributed by atoms with van der Waals surface area (Å²) in [6.07, 6.45) is 32.8. The first-order chi connectivity index (χ1) is 20.2. The van der Waals surface area contributed by atoms with Gasteiger partial charge >= 0.3 is 7.60 Å². The van der Waals surface area contributed by atoms with Gasteiger partial charge in [-0.15, -0.1) is 0 Å². The van der Waals surface area contributed by atoms with Crippen molar-refractivity contribution in [1.29, 1.82) is 0 Å². The number of nitrogens with zero attached hydrogens (tertiary/aromatic N) is 1. The van der Waals surface area contributed by atoms with Crippen molar-refractivity contribution in [2.75, 3.05) is 48.1 Å². The van der Waals surface area contributed by atoms with Gasteiger partial charge in [-0.2, -0.15) is 0 Å². The van der Waals surface area contributed by atoms with Crippen LogP contribution in [0.2, 0.25) is 0 Å². The topological polar surface area (TPSA) is 65.0 Å². The van der Waals surface area contributed by atoms with E-state index in [0.717, 1.165) is 12.8 Å². The first-order valence-corrected chi connectivity index (χ1v) is 19.4. The molecule has 7 heteroatoms. The van der Waals surface area contributed by atoms with Gasteiger partial charge in [-0.05, 0) is 38.5 Å². The third kappa shape index (κ3) is 25.1. The fourth-order valence-corrected chi connectivity index (χ4v) is 7.45. The molecule has 0 aromatic rings. The highest BCUT2D eigenvalue weighted by atomic mass is 31.2. The average molecular weight is 619 g/mol. The number of unbranched alkanes of at least 4 members (excludes halogenated alkanes) is 18. The van der Waals surface area contributed by atoms with E-state index in [1.54, 1.807) is 7.11 Å². The largest absolute Gasteiger partial charge is 0.385 e. The van der Waals surface area contributed by atoms with Crippen LogP contribution in [0.5, 0.6) is 0 Å². The van der Waals surface area contributed by atoms with Gasteiger partial charge in [0, 0.05) is 20.1 Å². The standard InChI is InChI=1S/C35H72NO5P/c1-7-9-10-11-12-13-14-15-16-17-18-19-20-21-22-23-24-25-26-27-28-29-31-40-32-34(39-6)33-41-42(37,38)35(30-8-2)36(3,4)5/h20-21,34-35H,7-19,22-33H2,1-6H3/p+1/b21-20-/t34-,35?/m1/s1. The molecule has 3 atom stereocenters. The highest BCUT2D eigenvalue weighted by Gasteiger charge is 2.42. The first-order valence-electron chi connectivity index (χ1n) is 17.7. The van der Waals surface area contributed by atoms with Crippen LogP contribution in [0.3, 0.4) is 0 Å². The van der Waals surface area contributed by atoms with E-state index in [0.29, 0.717) is 24.1 Å². The van der Waals surface area contributed by atoms with Crippen LogP contribution < -0.4 is 0 Å². The average Bonchev–Trinajstić information content (AvgIpc) is 2.94. The summed E-state index contributed by atoms with van der Waals surface area (Å²) < 4.78 is 30.0. The smallest absolute Gasteiger partial charge is 0.379 e. The number of methoxy groups -OCH3 is 1. The molecule has 42 heavy (non-hydrogen) atoms. The van der Waals surface area contributed by atoms with E-state index < -0.39 is 13.4 Å². The first kappa shape index (κ1) is 41.8. The summed E-state index contributed by atoms with van der Waals surface area (Å²) in [5, 5.41) is 0. The number of allylic oxidation sites excluding steroid dienone is 2. The summed E-state index contributed by atoms with van der Waals surface area (Å²) in [5.41, 5.74) is 0. The Morgan fingerprint density at radius 1 is 0.667 bits per heavy atom. The summed E-state index contributed by atoms with van der Waals surface area (Å²) in [6, 6.07) is 0. The van der Waals surface area contributed by atoms with Crippen molar-refractivity contribution in [3.05, 3.63) is 12.2 Å². The summed E-state index contributed by atoms with van der Waals surface area (Å²) in [6.45, 7) is 5.45. The Bertz CT molecular complexity index is 652. The number of hydrogen-bond donors (Lipinski definition) is 1. The maximum Gasteiger partial charge on any atom is 0.385 e. The normalized spacial score (nSPS) is 15.3. The molecule has 0 aromatic heterocycles. The quantitative estimate of drug-likeness (QED) is 0.0352. The zero-order valence-corrected chi connectivity index (χ0v) is 29.9. The van der Waals surface area contributed by atoms with E-state index in [1.807, 2.05) is 28.1 Å². The van der Waals surface area contributed by atoms with Crippen LogP contribution >= 0.6 is 7.60 Å². The minimum Gasteiger partial charge on any atom is -0.379 e. The molecule has 0 aliphatic carbocycles. The molecule has 0 heterocycles. The summed E-state index contributed by atoms with van der Waals surface area (Å²) in [7, 11) is 3.64. The molecule has 0 spiro atoms. The zero-order chi connectivity index (χ0) is 31.4. The predicted octanol–water partition coefficient (Wildman–Crippen LogP) is 10.4. The lowest BCUT2D eigenvalue weighted by atomic mass is 10.0. The number of rotatable bonds is 32. The van der Waals surface area contributed by atoms with Gasteiger partial charge in [-0.1, -0.05) is 122 Å². The van der Waals surface area contributed by atoms with Crippen LogP contribution in [-0.2, 0) is 18.6 Å². The molecule has 0 fully saturated rings. The molecule has 6 nitrogen and oxygen atoms in total. The number of hydrogen-bond acceptors (Lipinski definition) is 4. The molecule has 0 aliphatic heterocycles. The Morgan fingerprint density at radius 3 is 1.55 bits per heavy atom. The lowest BCUT2D eigenvalue weighted by Gasteiger charge is -2.36. The second kappa shape index (κ2) is 28.3. The van der Waals surface area contributed by atoms with Crippen LogP contribution in [0.4, 0.5) is 0 Å². The van der Waals surface area contributed by atoms with Crippen molar-refractivity contribution in [1.82, 2.24) is 0 Å². The van der Waals surface area contributed by atoms with Gasteiger partial charge in [0.05, 0.1) is 34.4 Å². The molecular weight excluding hydrogens is 545 g/mol. The van der Waals surface area contributed by atoms with Gasteiger partial charge in [0.2, 0.25) is 0 Å². The van der Waals surface area contributed by atoms with Crippen molar-refractivity contribution in [3.8, 4) is 0 Å². The van der Waals surface area contributed by atoms with E-state index in [4.69, 9.17) is 14.0 Å². The van der Waals surface area contributed by atoms with Crippen LogP contribution in [-0.4, -0.2) is 69.3 Å². The lowest BCUT2D eigenvalue weighted by Crippen LogP contribution is -2.45. The lowest BCUT2D eigenvalue weighted by molar-refractivity contribution is -0.883. The van der Waals surface area contributed by atoms with Crippen LogP contribution in [0.15, 0.2) is 12.2 Å². The number of ether oxygens (including phenoxy) is 2. The molecule has 1 N–H and O–H groups in total. The highest BCUT2D eigenvalue weighted by Crippen LogP contribution is 2.51. The molecule has 0 saturated heterocycles. The van der Waals surface area contributed by atoms with Crippen molar-refractivity contribution in [2.45, 2.75) is 167 Å². The molecular formula is C35H73NO5P+. The van der Waals surface area contributed by atoms with Gasteiger partial charge in [0.1, 0.15) is 6.10 Å². The maximum absolute atomic E-state index is 12.9. The van der Waals surface area contributed by atoms with E-state index in [-0.39, 0.29) is 12.7 Å². The molecule has 0 bridgehead atoms. The Morgan fingerprint density at radius 2 is 1.12 bits per heavy atom. The maximum atomic E-state index is 12.9. The van der Waals surface area contributed by atoms with Gasteiger partial charge in [-0.25, -0.2) is 0 Å². The van der Waals surface area contributed by atoms with Crippen molar-refractivity contribution in [2.24, 2.45) is 0 Å². The molecule has 0 saturated carbocycles. The second-order valence-electron chi connectivity index (χ2n) is 13.2. The van der Waals surface area contributed by atoms with Crippen LogP contribution in [0.1, 0.15) is 155 Å².